The summed E-state index contributed by atoms with van der Waals surface area (Å²) in [6, 6.07) is 9.79. The van der Waals surface area contributed by atoms with Crippen LogP contribution in [0.1, 0.15) is 31.2 Å². The number of carbonyl (C=O) groups is 2. The highest BCUT2D eigenvalue weighted by molar-refractivity contribution is 5.80. The highest BCUT2D eigenvalue weighted by Crippen LogP contribution is 2.36. The van der Waals surface area contributed by atoms with Gasteiger partial charge in [-0.05, 0) is 31.2 Å². The lowest BCUT2D eigenvalue weighted by Crippen LogP contribution is -2.51. The Hall–Kier alpha value is -2.08. The van der Waals surface area contributed by atoms with Gasteiger partial charge < -0.3 is 20.3 Å². The number of methoxy groups -OCH3 is 1. The van der Waals surface area contributed by atoms with Crippen LogP contribution in [0.5, 0.6) is 0 Å². The number of nitrogens with zero attached hydrogens (tertiary/aromatic N) is 2. The maximum atomic E-state index is 12.9. The summed E-state index contributed by atoms with van der Waals surface area (Å²) < 4.78 is 5.88. The number of primary amides is 1. The second-order valence-corrected chi connectivity index (χ2v) is 7.01. The average Bonchev–Trinajstić information content (AvgIpc) is 2.68. The maximum absolute atomic E-state index is 12.9. The summed E-state index contributed by atoms with van der Waals surface area (Å²) >= 11 is 0. The van der Waals surface area contributed by atoms with E-state index in [0.717, 1.165) is 25.7 Å². The Bertz CT molecular complexity index is 612. The van der Waals surface area contributed by atoms with Crippen molar-refractivity contribution in [2.45, 2.75) is 31.3 Å². The lowest BCUT2D eigenvalue weighted by atomic mass is 9.83. The van der Waals surface area contributed by atoms with Crippen LogP contribution in [0.25, 0.3) is 0 Å². The van der Waals surface area contributed by atoms with Gasteiger partial charge >= 0.3 is 6.03 Å². The van der Waals surface area contributed by atoms with Crippen LogP contribution in [0.3, 0.4) is 0 Å². The molecule has 25 heavy (non-hydrogen) atoms. The predicted octanol–water partition coefficient (Wildman–Crippen LogP) is 1.94. The third kappa shape index (κ3) is 3.63. The molecule has 0 bridgehead atoms. The first-order chi connectivity index (χ1) is 12.1. The van der Waals surface area contributed by atoms with Gasteiger partial charge in [-0.3, -0.25) is 4.79 Å². The molecule has 3 rings (SSSR count). The van der Waals surface area contributed by atoms with Crippen molar-refractivity contribution in [2.24, 2.45) is 11.7 Å². The lowest BCUT2D eigenvalue weighted by molar-refractivity contribution is -0.143. The molecular weight excluding hydrogens is 318 g/mol. The molecule has 0 aromatic heterocycles. The number of carbonyl (C=O) groups excluding carboxylic acids is 2. The van der Waals surface area contributed by atoms with Gasteiger partial charge in [0.25, 0.3) is 0 Å². The van der Waals surface area contributed by atoms with Gasteiger partial charge in [0.1, 0.15) is 0 Å². The van der Waals surface area contributed by atoms with Gasteiger partial charge in [-0.1, -0.05) is 30.3 Å². The van der Waals surface area contributed by atoms with E-state index in [0.29, 0.717) is 26.2 Å². The predicted molar refractivity (Wildman–Crippen MR) is 94.8 cm³/mol. The van der Waals surface area contributed by atoms with Crippen LogP contribution < -0.4 is 5.73 Å². The molecule has 2 heterocycles. The van der Waals surface area contributed by atoms with Crippen molar-refractivity contribution >= 4 is 11.9 Å². The standard InChI is InChI=1S/C19H27N3O3/c1-25-19(16-7-3-2-4-8-16)9-12-21(13-10-19)17(23)15-6-5-11-22(14-15)18(20)24/h2-4,7-8,15H,5-6,9-14H2,1H3,(H2,20,24). The molecule has 6 heteroatoms. The zero-order chi connectivity index (χ0) is 17.9. The molecule has 0 radical (unpaired) electrons. The van der Waals surface area contributed by atoms with E-state index in [1.165, 1.54) is 5.56 Å². The number of piperidine rings is 2. The van der Waals surface area contributed by atoms with Gasteiger partial charge in [-0.25, -0.2) is 4.79 Å². The number of rotatable bonds is 3. The summed E-state index contributed by atoms with van der Waals surface area (Å²) in [5, 5.41) is 0. The Morgan fingerprint density at radius 1 is 1.12 bits per heavy atom. The van der Waals surface area contributed by atoms with Crippen molar-refractivity contribution in [2.75, 3.05) is 33.3 Å². The smallest absolute Gasteiger partial charge is 0.314 e. The molecule has 0 spiro atoms. The number of likely N-dealkylation sites (tertiary alicyclic amines) is 2. The molecular formula is C19H27N3O3. The summed E-state index contributed by atoms with van der Waals surface area (Å²) in [6.45, 7) is 2.45. The fraction of sp³-hybridized carbons (Fsp3) is 0.579. The molecule has 2 saturated heterocycles. The molecule has 2 fully saturated rings. The second kappa shape index (κ2) is 7.44. The third-order valence-electron chi connectivity index (χ3n) is 5.66. The van der Waals surface area contributed by atoms with Crippen LogP contribution in [0.4, 0.5) is 4.79 Å². The monoisotopic (exact) mass is 345 g/mol. The van der Waals surface area contributed by atoms with Crippen LogP contribution in [0.15, 0.2) is 30.3 Å². The molecule has 2 N–H and O–H groups in total. The average molecular weight is 345 g/mol. The molecule has 3 amide bonds. The number of ether oxygens (including phenoxy) is 1. The van der Waals surface area contributed by atoms with Gasteiger partial charge in [0.2, 0.25) is 5.91 Å². The molecule has 6 nitrogen and oxygen atoms in total. The minimum absolute atomic E-state index is 0.131. The van der Waals surface area contributed by atoms with Gasteiger partial charge in [-0.15, -0.1) is 0 Å². The van der Waals surface area contributed by atoms with Gasteiger partial charge in [0.05, 0.1) is 11.5 Å². The lowest BCUT2D eigenvalue weighted by Gasteiger charge is -2.43. The molecule has 1 atom stereocenters. The molecule has 2 aliphatic heterocycles. The van der Waals surface area contributed by atoms with E-state index in [1.807, 2.05) is 23.1 Å². The Morgan fingerprint density at radius 2 is 1.80 bits per heavy atom. The number of benzene rings is 1. The molecule has 1 unspecified atom stereocenters. The van der Waals surface area contributed by atoms with Gasteiger partial charge in [0.15, 0.2) is 0 Å². The summed E-state index contributed by atoms with van der Waals surface area (Å²) in [4.78, 5) is 27.8. The van der Waals surface area contributed by atoms with E-state index >= 15 is 0 Å². The fourth-order valence-corrected chi connectivity index (χ4v) is 4.08. The van der Waals surface area contributed by atoms with Crippen molar-refractivity contribution in [3.05, 3.63) is 35.9 Å². The molecule has 1 aromatic carbocycles. The fourth-order valence-electron chi connectivity index (χ4n) is 4.08. The van der Waals surface area contributed by atoms with Crippen molar-refractivity contribution in [1.82, 2.24) is 9.80 Å². The van der Waals surface area contributed by atoms with Crippen LogP contribution in [0.2, 0.25) is 0 Å². The first-order valence-corrected chi connectivity index (χ1v) is 8.99. The molecule has 1 aromatic rings. The van der Waals surface area contributed by atoms with E-state index in [-0.39, 0.29) is 17.4 Å². The highest BCUT2D eigenvalue weighted by Gasteiger charge is 2.39. The first-order valence-electron chi connectivity index (χ1n) is 8.99. The van der Waals surface area contributed by atoms with E-state index in [9.17, 15) is 9.59 Å². The molecule has 136 valence electrons. The van der Waals surface area contributed by atoms with Gasteiger partial charge in [-0.2, -0.15) is 0 Å². The van der Waals surface area contributed by atoms with Crippen molar-refractivity contribution < 1.29 is 14.3 Å². The number of amides is 3. The van der Waals surface area contributed by atoms with Crippen LogP contribution in [-0.4, -0.2) is 55.0 Å². The molecule has 0 saturated carbocycles. The number of hydrogen-bond acceptors (Lipinski definition) is 3. The van der Waals surface area contributed by atoms with Crippen LogP contribution in [0, 0.1) is 5.92 Å². The maximum Gasteiger partial charge on any atom is 0.314 e. The Labute approximate surface area is 148 Å². The first kappa shape index (κ1) is 17.7. The molecule has 2 aliphatic rings. The zero-order valence-corrected chi connectivity index (χ0v) is 14.8. The van der Waals surface area contributed by atoms with Crippen molar-refractivity contribution in [3.63, 3.8) is 0 Å². The summed E-state index contributed by atoms with van der Waals surface area (Å²) in [6.07, 6.45) is 3.23. The van der Waals surface area contributed by atoms with Crippen molar-refractivity contribution in [1.29, 1.82) is 0 Å². The normalized spacial score (nSPS) is 23.3. The van der Waals surface area contributed by atoms with Crippen molar-refractivity contribution in [3.8, 4) is 0 Å². The van der Waals surface area contributed by atoms with E-state index in [1.54, 1.807) is 12.0 Å². The summed E-state index contributed by atoms with van der Waals surface area (Å²) in [7, 11) is 1.75. The largest absolute Gasteiger partial charge is 0.373 e. The number of urea groups is 1. The summed E-state index contributed by atoms with van der Waals surface area (Å²) in [5.74, 6) is 0.0109. The summed E-state index contributed by atoms with van der Waals surface area (Å²) in [5.41, 5.74) is 6.22. The Kier molecular flexibility index (Phi) is 5.27. The van der Waals surface area contributed by atoms with E-state index in [4.69, 9.17) is 10.5 Å². The van der Waals surface area contributed by atoms with E-state index in [2.05, 4.69) is 12.1 Å². The van der Waals surface area contributed by atoms with Crippen LogP contribution >= 0.6 is 0 Å². The number of hydrogen-bond donors (Lipinski definition) is 1. The Morgan fingerprint density at radius 3 is 2.40 bits per heavy atom. The third-order valence-corrected chi connectivity index (χ3v) is 5.66. The van der Waals surface area contributed by atoms with Crippen LogP contribution in [-0.2, 0) is 15.1 Å². The number of nitrogens with two attached hydrogens (primary N) is 1. The topological polar surface area (TPSA) is 75.9 Å². The Balaban J connectivity index is 1.63. The highest BCUT2D eigenvalue weighted by atomic mass is 16.5. The second-order valence-electron chi connectivity index (χ2n) is 7.01. The van der Waals surface area contributed by atoms with E-state index < -0.39 is 6.03 Å². The minimum atomic E-state index is -0.432. The molecule has 0 aliphatic carbocycles. The van der Waals surface area contributed by atoms with Gasteiger partial charge in [0, 0.05) is 33.3 Å². The zero-order valence-electron chi connectivity index (χ0n) is 14.8. The quantitative estimate of drug-likeness (QED) is 0.909. The SMILES string of the molecule is COC1(c2ccccc2)CCN(C(=O)C2CCCN(C(N)=O)C2)CC1. The minimum Gasteiger partial charge on any atom is -0.373 e.